The molecule has 1 aromatic rings. The van der Waals surface area contributed by atoms with Crippen molar-refractivity contribution in [3.8, 4) is 0 Å². The Hall–Kier alpha value is -1.12. The van der Waals surface area contributed by atoms with Gasteiger partial charge in [-0.25, -0.2) is 4.68 Å². The van der Waals surface area contributed by atoms with Crippen LogP contribution in [0, 0.1) is 10.1 Å². The summed E-state index contributed by atoms with van der Waals surface area (Å²) < 4.78 is 35.8. The summed E-state index contributed by atoms with van der Waals surface area (Å²) in [5, 5.41) is 13.5. The van der Waals surface area contributed by atoms with Gasteiger partial charge in [0.1, 0.15) is 12.7 Å². The second-order valence-electron chi connectivity index (χ2n) is 2.35. The number of halogens is 4. The molecule has 0 aromatic carbocycles. The maximum Gasteiger partial charge on any atom is 0.408 e. The van der Waals surface area contributed by atoms with Crippen molar-refractivity contribution in [3.63, 3.8) is 0 Å². The van der Waals surface area contributed by atoms with E-state index >= 15 is 0 Å². The average molecular weight is 274 g/mol. The Morgan fingerprint density at radius 1 is 1.64 bits per heavy atom. The van der Waals surface area contributed by atoms with Gasteiger partial charge in [-0.3, -0.25) is 10.1 Å². The SMILES string of the molecule is O=[N+]([O-])c1cnn(CC(F)(F)F)c1Br. The van der Waals surface area contributed by atoms with Gasteiger partial charge < -0.3 is 0 Å². The molecular weight excluding hydrogens is 271 g/mol. The predicted octanol–water partition coefficient (Wildman–Crippen LogP) is 2.12. The van der Waals surface area contributed by atoms with Gasteiger partial charge in [-0.2, -0.15) is 18.3 Å². The summed E-state index contributed by atoms with van der Waals surface area (Å²) in [6.45, 7) is -1.36. The fourth-order valence-electron chi connectivity index (χ4n) is 0.763. The summed E-state index contributed by atoms with van der Waals surface area (Å²) in [7, 11) is 0. The molecule has 1 heterocycles. The first-order valence-corrected chi connectivity index (χ1v) is 4.03. The Balaban J connectivity index is 2.96. The Labute approximate surface area is 83.8 Å². The topological polar surface area (TPSA) is 61.0 Å². The van der Waals surface area contributed by atoms with E-state index in [2.05, 4.69) is 21.0 Å². The van der Waals surface area contributed by atoms with Gasteiger partial charge in [0.05, 0.1) is 4.92 Å². The van der Waals surface area contributed by atoms with Crippen LogP contribution in [0.4, 0.5) is 18.9 Å². The number of alkyl halides is 3. The molecule has 0 aliphatic heterocycles. The van der Waals surface area contributed by atoms with Crippen molar-refractivity contribution in [1.29, 1.82) is 0 Å². The summed E-state index contributed by atoms with van der Waals surface area (Å²) in [6.07, 6.45) is -3.70. The van der Waals surface area contributed by atoms with Crippen molar-refractivity contribution in [3.05, 3.63) is 20.9 Å². The van der Waals surface area contributed by atoms with E-state index in [1.165, 1.54) is 0 Å². The summed E-state index contributed by atoms with van der Waals surface area (Å²) in [5.74, 6) is 0. The molecule has 0 atom stereocenters. The summed E-state index contributed by atoms with van der Waals surface area (Å²) >= 11 is 2.66. The third kappa shape index (κ3) is 2.44. The van der Waals surface area contributed by atoms with E-state index in [1.54, 1.807) is 0 Å². The lowest BCUT2D eigenvalue weighted by atomic mass is 10.6. The molecule has 0 amide bonds. The van der Waals surface area contributed by atoms with E-state index in [0.717, 1.165) is 6.20 Å². The first kappa shape index (κ1) is 11.0. The van der Waals surface area contributed by atoms with Crippen molar-refractivity contribution in [2.24, 2.45) is 0 Å². The van der Waals surface area contributed by atoms with Gasteiger partial charge in [-0.15, -0.1) is 0 Å². The Bertz CT molecular complexity index is 362. The van der Waals surface area contributed by atoms with Crippen LogP contribution in [0.15, 0.2) is 10.8 Å². The third-order valence-electron chi connectivity index (χ3n) is 1.28. The number of hydrogen-bond acceptors (Lipinski definition) is 3. The molecule has 0 unspecified atom stereocenters. The largest absolute Gasteiger partial charge is 0.408 e. The van der Waals surface area contributed by atoms with Gasteiger partial charge in [0.15, 0.2) is 4.60 Å². The minimum Gasteiger partial charge on any atom is -0.258 e. The zero-order chi connectivity index (χ0) is 10.9. The average Bonchev–Trinajstić information content (AvgIpc) is 2.29. The van der Waals surface area contributed by atoms with Gasteiger partial charge >= 0.3 is 11.9 Å². The number of hydrogen-bond donors (Lipinski definition) is 0. The molecule has 0 fully saturated rings. The zero-order valence-electron chi connectivity index (χ0n) is 6.45. The van der Waals surface area contributed by atoms with E-state index in [1.807, 2.05) is 0 Å². The van der Waals surface area contributed by atoms with E-state index in [-0.39, 0.29) is 4.60 Å². The second kappa shape index (κ2) is 3.56. The van der Waals surface area contributed by atoms with Crippen molar-refractivity contribution in [2.45, 2.75) is 12.7 Å². The first-order valence-electron chi connectivity index (χ1n) is 3.23. The molecule has 14 heavy (non-hydrogen) atoms. The maximum atomic E-state index is 11.9. The molecule has 9 heteroatoms. The monoisotopic (exact) mass is 273 g/mol. The summed E-state index contributed by atoms with van der Waals surface area (Å²) in [4.78, 5) is 9.43. The first-order chi connectivity index (χ1) is 6.31. The summed E-state index contributed by atoms with van der Waals surface area (Å²) in [5.41, 5.74) is -0.491. The zero-order valence-corrected chi connectivity index (χ0v) is 8.04. The highest BCUT2D eigenvalue weighted by molar-refractivity contribution is 9.10. The van der Waals surface area contributed by atoms with E-state index in [0.29, 0.717) is 4.68 Å². The Kier molecular flexibility index (Phi) is 2.79. The fourth-order valence-corrected chi connectivity index (χ4v) is 1.23. The highest BCUT2D eigenvalue weighted by Crippen LogP contribution is 2.27. The molecule has 1 aromatic heterocycles. The van der Waals surface area contributed by atoms with Gasteiger partial charge in [0.2, 0.25) is 0 Å². The second-order valence-corrected chi connectivity index (χ2v) is 3.10. The van der Waals surface area contributed by atoms with Crippen LogP contribution in [0.3, 0.4) is 0 Å². The van der Waals surface area contributed by atoms with Crippen LogP contribution in [0.1, 0.15) is 0 Å². The third-order valence-corrected chi connectivity index (χ3v) is 2.10. The molecule has 5 nitrogen and oxygen atoms in total. The van der Waals surface area contributed by atoms with Crippen molar-refractivity contribution in [1.82, 2.24) is 9.78 Å². The van der Waals surface area contributed by atoms with Crippen LogP contribution in [0.25, 0.3) is 0 Å². The molecule has 0 N–H and O–H groups in total. The van der Waals surface area contributed by atoms with E-state index in [4.69, 9.17) is 0 Å². The number of aromatic nitrogens is 2. The van der Waals surface area contributed by atoms with E-state index in [9.17, 15) is 23.3 Å². The van der Waals surface area contributed by atoms with Crippen LogP contribution in [0.5, 0.6) is 0 Å². The number of nitro groups is 1. The lowest BCUT2D eigenvalue weighted by Gasteiger charge is -2.05. The lowest BCUT2D eigenvalue weighted by Crippen LogP contribution is -2.18. The molecule has 0 saturated heterocycles. The fraction of sp³-hybridized carbons (Fsp3) is 0.400. The number of rotatable bonds is 2. The van der Waals surface area contributed by atoms with Crippen LogP contribution in [0.2, 0.25) is 0 Å². The molecule has 0 radical (unpaired) electrons. The molecule has 0 aliphatic carbocycles. The van der Waals surface area contributed by atoms with E-state index < -0.39 is 23.3 Å². The van der Waals surface area contributed by atoms with Crippen molar-refractivity contribution in [2.75, 3.05) is 0 Å². The summed E-state index contributed by atoms with van der Waals surface area (Å²) in [6, 6.07) is 0. The van der Waals surface area contributed by atoms with Crippen LogP contribution in [-0.4, -0.2) is 20.9 Å². The molecule has 1 rings (SSSR count). The molecule has 0 bridgehead atoms. The predicted molar refractivity (Wildman–Crippen MR) is 42.6 cm³/mol. The minimum absolute atomic E-state index is 0.292. The quantitative estimate of drug-likeness (QED) is 0.613. The standard InChI is InChI=1S/C5H3BrF3N3O2/c6-4-3(12(13)14)1-10-11(4)2-5(7,8)9/h1H,2H2. The van der Waals surface area contributed by atoms with Crippen molar-refractivity contribution < 1.29 is 18.1 Å². The lowest BCUT2D eigenvalue weighted by molar-refractivity contribution is -0.385. The van der Waals surface area contributed by atoms with Gasteiger partial charge in [0, 0.05) is 0 Å². The molecule has 0 saturated carbocycles. The molecule has 0 aliphatic rings. The van der Waals surface area contributed by atoms with Gasteiger partial charge in [0.25, 0.3) is 0 Å². The van der Waals surface area contributed by atoms with Crippen LogP contribution in [-0.2, 0) is 6.54 Å². The van der Waals surface area contributed by atoms with Crippen LogP contribution >= 0.6 is 15.9 Å². The van der Waals surface area contributed by atoms with Gasteiger partial charge in [-0.05, 0) is 15.9 Å². The Morgan fingerprint density at radius 3 is 2.57 bits per heavy atom. The maximum absolute atomic E-state index is 11.9. The Morgan fingerprint density at radius 2 is 2.21 bits per heavy atom. The van der Waals surface area contributed by atoms with Crippen LogP contribution < -0.4 is 0 Å². The van der Waals surface area contributed by atoms with Crippen molar-refractivity contribution >= 4 is 21.6 Å². The highest BCUT2D eigenvalue weighted by atomic mass is 79.9. The number of nitrogens with zero attached hydrogens (tertiary/aromatic N) is 3. The smallest absolute Gasteiger partial charge is 0.258 e. The highest BCUT2D eigenvalue weighted by Gasteiger charge is 2.31. The molecule has 78 valence electrons. The molecule has 0 spiro atoms. The molecular formula is C5H3BrF3N3O2. The normalized spacial score (nSPS) is 11.7. The minimum atomic E-state index is -4.46. The van der Waals surface area contributed by atoms with Gasteiger partial charge in [-0.1, -0.05) is 0 Å².